The number of H-pyrrole nitrogens is 1. The van der Waals surface area contributed by atoms with E-state index in [0.29, 0.717) is 23.2 Å². The van der Waals surface area contributed by atoms with Gasteiger partial charge in [0.1, 0.15) is 11.5 Å². The number of hydrogen-bond donors (Lipinski definition) is 1. The highest BCUT2D eigenvalue weighted by atomic mass is 19.1. The molecule has 0 saturated heterocycles. The van der Waals surface area contributed by atoms with Crippen LogP contribution in [0.5, 0.6) is 0 Å². The van der Waals surface area contributed by atoms with Crippen molar-refractivity contribution in [3.8, 4) is 0 Å². The van der Waals surface area contributed by atoms with Gasteiger partial charge in [0, 0.05) is 43.6 Å². The quantitative estimate of drug-likeness (QED) is 0.750. The number of aromatic nitrogens is 3. The van der Waals surface area contributed by atoms with Crippen LogP contribution in [0, 0.1) is 19.7 Å². The number of hydrogen-bond acceptors (Lipinski definition) is 3. The van der Waals surface area contributed by atoms with Crippen LogP contribution < -0.4 is 5.56 Å². The van der Waals surface area contributed by atoms with Gasteiger partial charge in [-0.1, -0.05) is 18.2 Å². The summed E-state index contributed by atoms with van der Waals surface area (Å²) in [5, 5.41) is 5.26. The Morgan fingerprint density at radius 1 is 1.30 bits per heavy atom. The van der Waals surface area contributed by atoms with Crippen molar-refractivity contribution < 1.29 is 9.18 Å². The van der Waals surface area contributed by atoms with E-state index in [4.69, 9.17) is 0 Å². The second kappa shape index (κ2) is 7.34. The fourth-order valence-corrected chi connectivity index (χ4v) is 3.45. The monoisotopic (exact) mass is 370 g/mol. The van der Waals surface area contributed by atoms with E-state index in [1.54, 1.807) is 37.0 Å². The number of amides is 1. The molecule has 0 unspecified atom stereocenters. The average molecular weight is 370 g/mol. The normalized spacial score (nSPS) is 11.1. The molecule has 3 rings (SSSR count). The molecule has 6 nitrogen and oxygen atoms in total. The highest BCUT2D eigenvalue weighted by Gasteiger charge is 2.17. The molecule has 7 heteroatoms. The maximum Gasteiger partial charge on any atom is 0.253 e. The van der Waals surface area contributed by atoms with Gasteiger partial charge in [0.05, 0.1) is 5.69 Å². The van der Waals surface area contributed by atoms with Gasteiger partial charge in [-0.2, -0.15) is 5.10 Å². The minimum absolute atomic E-state index is 0.139. The Bertz CT molecular complexity index is 1070. The van der Waals surface area contributed by atoms with Crippen molar-refractivity contribution in [2.24, 2.45) is 7.05 Å². The minimum Gasteiger partial charge on any atom is -0.341 e. The van der Waals surface area contributed by atoms with Crippen LogP contribution in [0.3, 0.4) is 0 Å². The van der Waals surface area contributed by atoms with Crippen LogP contribution in [0.2, 0.25) is 0 Å². The Kier molecular flexibility index (Phi) is 5.12. The van der Waals surface area contributed by atoms with Crippen LogP contribution in [0.15, 0.2) is 29.1 Å². The Balaban J connectivity index is 1.76. The molecule has 1 amide bonds. The molecule has 1 N–H and O–H groups in total. The number of aromatic amines is 1. The van der Waals surface area contributed by atoms with Crippen LogP contribution >= 0.6 is 0 Å². The second-order valence-corrected chi connectivity index (χ2v) is 6.83. The van der Waals surface area contributed by atoms with Crippen LogP contribution in [0.25, 0.3) is 11.0 Å². The van der Waals surface area contributed by atoms with E-state index in [-0.39, 0.29) is 30.2 Å². The number of fused-ring (bicyclic) bond motifs is 1. The predicted octanol–water partition coefficient (Wildman–Crippen LogP) is 2.61. The smallest absolute Gasteiger partial charge is 0.253 e. The highest BCUT2D eigenvalue weighted by molar-refractivity contribution is 5.83. The average Bonchev–Trinajstić information content (AvgIpc) is 2.90. The third-order valence-electron chi connectivity index (χ3n) is 4.94. The van der Waals surface area contributed by atoms with Crippen molar-refractivity contribution >= 4 is 16.9 Å². The third-order valence-corrected chi connectivity index (χ3v) is 4.94. The molecule has 2 heterocycles. The summed E-state index contributed by atoms with van der Waals surface area (Å²) in [6, 6.07) is 6.40. The molecule has 0 atom stereocenters. The fourth-order valence-electron chi connectivity index (χ4n) is 3.45. The van der Waals surface area contributed by atoms with E-state index < -0.39 is 0 Å². The summed E-state index contributed by atoms with van der Waals surface area (Å²) < 4.78 is 15.4. The number of carbonyl (C=O) groups excluding carboxylic acids is 1. The van der Waals surface area contributed by atoms with Gasteiger partial charge in [-0.15, -0.1) is 0 Å². The molecule has 142 valence electrons. The Morgan fingerprint density at radius 3 is 2.70 bits per heavy atom. The molecule has 0 aliphatic rings. The van der Waals surface area contributed by atoms with Crippen LogP contribution in [0.4, 0.5) is 4.39 Å². The lowest BCUT2D eigenvalue weighted by Gasteiger charge is -2.18. The molecule has 2 aromatic heterocycles. The molecule has 3 aromatic rings. The van der Waals surface area contributed by atoms with Gasteiger partial charge >= 0.3 is 0 Å². The molecule has 0 aliphatic carbocycles. The lowest BCUT2D eigenvalue weighted by molar-refractivity contribution is -0.130. The summed E-state index contributed by atoms with van der Waals surface area (Å²) in [5.41, 5.74) is 3.23. The van der Waals surface area contributed by atoms with Gasteiger partial charge in [-0.05, 0) is 31.9 Å². The van der Waals surface area contributed by atoms with Crippen LogP contribution in [-0.2, 0) is 24.8 Å². The summed E-state index contributed by atoms with van der Waals surface area (Å²) >= 11 is 0. The van der Waals surface area contributed by atoms with E-state index >= 15 is 0 Å². The zero-order valence-corrected chi connectivity index (χ0v) is 16.0. The molecule has 0 aliphatic heterocycles. The largest absolute Gasteiger partial charge is 0.341 e. The molecular formula is C20H23FN4O2. The van der Waals surface area contributed by atoms with Crippen LogP contribution in [-0.4, -0.2) is 32.6 Å². The summed E-state index contributed by atoms with van der Waals surface area (Å²) in [7, 11) is 3.42. The molecular weight excluding hydrogens is 347 g/mol. The van der Waals surface area contributed by atoms with Crippen molar-refractivity contribution in [2.45, 2.75) is 33.2 Å². The van der Waals surface area contributed by atoms with Gasteiger partial charge in [-0.3, -0.25) is 14.3 Å². The summed E-state index contributed by atoms with van der Waals surface area (Å²) in [6.45, 7) is 3.97. The van der Waals surface area contributed by atoms with Crippen LogP contribution in [0.1, 0.15) is 28.8 Å². The maximum absolute atomic E-state index is 13.8. The third kappa shape index (κ3) is 3.63. The zero-order valence-electron chi connectivity index (χ0n) is 16.0. The second-order valence-electron chi connectivity index (χ2n) is 6.83. The van der Waals surface area contributed by atoms with Gasteiger partial charge in [0.15, 0.2) is 0 Å². The Morgan fingerprint density at radius 2 is 2.00 bits per heavy atom. The van der Waals surface area contributed by atoms with E-state index in [0.717, 1.165) is 16.6 Å². The number of carbonyl (C=O) groups is 1. The van der Waals surface area contributed by atoms with Crippen molar-refractivity contribution in [1.82, 2.24) is 19.7 Å². The Hall–Kier alpha value is -2.96. The van der Waals surface area contributed by atoms with Crippen molar-refractivity contribution in [1.29, 1.82) is 0 Å². The Labute approximate surface area is 156 Å². The van der Waals surface area contributed by atoms with E-state index in [1.807, 2.05) is 13.8 Å². The lowest BCUT2D eigenvalue weighted by atomic mass is 10.0. The number of nitrogens with one attached hydrogen (secondary N) is 1. The maximum atomic E-state index is 13.8. The number of aryl methyl sites for hydroxylation is 3. The number of benzene rings is 1. The first-order chi connectivity index (χ1) is 12.8. The molecule has 0 fully saturated rings. The topological polar surface area (TPSA) is 71.0 Å². The molecule has 0 spiro atoms. The van der Waals surface area contributed by atoms with E-state index in [9.17, 15) is 14.0 Å². The number of nitrogens with zero attached hydrogens (tertiary/aromatic N) is 3. The van der Waals surface area contributed by atoms with Gasteiger partial charge in [0.25, 0.3) is 5.56 Å². The molecule has 0 bridgehead atoms. The highest BCUT2D eigenvalue weighted by Crippen LogP contribution is 2.21. The summed E-state index contributed by atoms with van der Waals surface area (Å²) in [4.78, 5) is 29.3. The fraction of sp³-hybridized carbons (Fsp3) is 0.350. The van der Waals surface area contributed by atoms with E-state index in [1.165, 1.54) is 11.0 Å². The van der Waals surface area contributed by atoms with Gasteiger partial charge in [-0.25, -0.2) is 4.39 Å². The lowest BCUT2D eigenvalue weighted by Crippen LogP contribution is -2.27. The first-order valence-electron chi connectivity index (χ1n) is 8.82. The SMILES string of the molecule is Cc1nn(C)c2[nH]c(=O)c(CCC(=O)N(C)Cc3ccccc3F)c(C)c12. The van der Waals surface area contributed by atoms with Crippen molar-refractivity contribution in [3.63, 3.8) is 0 Å². The minimum atomic E-state index is -0.332. The number of rotatable bonds is 5. The predicted molar refractivity (Wildman–Crippen MR) is 102 cm³/mol. The zero-order chi connectivity index (χ0) is 19.7. The van der Waals surface area contributed by atoms with Gasteiger partial charge < -0.3 is 9.88 Å². The van der Waals surface area contributed by atoms with Crippen molar-refractivity contribution in [2.75, 3.05) is 7.05 Å². The molecule has 0 radical (unpaired) electrons. The standard InChI is InChI=1S/C20H23FN4O2/c1-12-15(20(27)22-19-18(12)13(2)23-25(19)4)9-10-17(26)24(3)11-14-7-5-6-8-16(14)21/h5-8H,9-11H2,1-4H3,(H,22,27). The number of pyridine rings is 1. The van der Waals surface area contributed by atoms with Gasteiger partial charge in [0.2, 0.25) is 5.91 Å². The molecule has 1 aromatic carbocycles. The van der Waals surface area contributed by atoms with Crippen molar-refractivity contribution in [3.05, 3.63) is 62.8 Å². The number of halogens is 1. The first kappa shape index (κ1) is 18.8. The molecule has 0 saturated carbocycles. The summed E-state index contributed by atoms with van der Waals surface area (Å²) in [6.07, 6.45) is 0.506. The molecule has 27 heavy (non-hydrogen) atoms. The summed E-state index contributed by atoms with van der Waals surface area (Å²) in [5.74, 6) is -0.470. The van der Waals surface area contributed by atoms with E-state index in [2.05, 4.69) is 10.1 Å². The first-order valence-corrected chi connectivity index (χ1v) is 8.82.